The second-order valence-corrected chi connectivity index (χ2v) is 5.19. The van der Waals surface area contributed by atoms with E-state index in [9.17, 15) is 4.79 Å². The molecule has 1 aromatic heterocycles. The maximum atomic E-state index is 11.6. The average molecular weight is 315 g/mol. The minimum Gasteiger partial charge on any atom is -0.465 e. The van der Waals surface area contributed by atoms with E-state index in [4.69, 9.17) is 4.74 Å². The van der Waals surface area contributed by atoms with E-state index >= 15 is 0 Å². The Morgan fingerprint density at radius 3 is 2.87 bits per heavy atom. The highest BCUT2D eigenvalue weighted by Crippen LogP contribution is 2.17. The lowest BCUT2D eigenvalue weighted by molar-refractivity contribution is 0.0601. The molecule has 0 saturated heterocycles. The number of benzene rings is 1. The largest absolute Gasteiger partial charge is 0.465 e. The Balaban J connectivity index is 2.04. The Hall–Kier alpha value is -2.67. The van der Waals surface area contributed by atoms with Gasteiger partial charge >= 0.3 is 5.97 Å². The van der Waals surface area contributed by atoms with E-state index in [0.717, 1.165) is 18.8 Å². The molecule has 0 atom stereocenters. The van der Waals surface area contributed by atoms with Crippen LogP contribution in [0.3, 0.4) is 0 Å². The van der Waals surface area contributed by atoms with Crippen molar-refractivity contribution >= 4 is 23.4 Å². The van der Waals surface area contributed by atoms with Crippen molar-refractivity contribution in [2.24, 2.45) is 0 Å². The standard InChI is InChI=1S/C16H21N5O2/c1-21(2)10-9-18-16-17-8-7-14(20-16)19-13-6-4-5-12(11-13)15(22)23-3/h4-8,11H,9-10H2,1-3H3,(H2,17,18,19,20). The summed E-state index contributed by atoms with van der Waals surface area (Å²) in [6, 6.07) is 8.82. The van der Waals surface area contributed by atoms with Crippen LogP contribution >= 0.6 is 0 Å². The molecule has 1 heterocycles. The first-order valence-corrected chi connectivity index (χ1v) is 7.25. The van der Waals surface area contributed by atoms with E-state index in [1.165, 1.54) is 7.11 Å². The number of carbonyl (C=O) groups excluding carboxylic acids is 1. The number of rotatable bonds is 7. The molecule has 0 radical (unpaired) electrons. The molecule has 0 aliphatic rings. The zero-order valence-electron chi connectivity index (χ0n) is 13.5. The summed E-state index contributed by atoms with van der Waals surface area (Å²) in [4.78, 5) is 22.2. The molecule has 2 rings (SSSR count). The Morgan fingerprint density at radius 1 is 1.30 bits per heavy atom. The molecule has 0 amide bonds. The van der Waals surface area contributed by atoms with Crippen LogP contribution in [0.5, 0.6) is 0 Å². The van der Waals surface area contributed by atoms with E-state index < -0.39 is 0 Å². The van der Waals surface area contributed by atoms with Crippen LogP contribution in [0.1, 0.15) is 10.4 Å². The van der Waals surface area contributed by atoms with E-state index in [1.807, 2.05) is 20.2 Å². The van der Waals surface area contributed by atoms with Gasteiger partial charge in [0.2, 0.25) is 5.95 Å². The second kappa shape index (κ2) is 8.09. The smallest absolute Gasteiger partial charge is 0.337 e. The fraction of sp³-hybridized carbons (Fsp3) is 0.312. The molecule has 0 fully saturated rings. The van der Waals surface area contributed by atoms with E-state index in [0.29, 0.717) is 17.3 Å². The first kappa shape index (κ1) is 16.7. The first-order chi connectivity index (χ1) is 11.1. The van der Waals surface area contributed by atoms with Gasteiger partial charge in [-0.15, -0.1) is 0 Å². The van der Waals surface area contributed by atoms with Gasteiger partial charge in [0.05, 0.1) is 12.7 Å². The average Bonchev–Trinajstić information content (AvgIpc) is 2.54. The van der Waals surface area contributed by atoms with Crippen LogP contribution < -0.4 is 10.6 Å². The van der Waals surface area contributed by atoms with Crippen molar-refractivity contribution in [3.8, 4) is 0 Å². The minimum atomic E-state index is -0.373. The molecule has 7 nitrogen and oxygen atoms in total. The van der Waals surface area contributed by atoms with Crippen LogP contribution in [-0.4, -0.2) is 55.1 Å². The molecule has 2 aromatic rings. The van der Waals surface area contributed by atoms with Crippen molar-refractivity contribution in [2.75, 3.05) is 44.9 Å². The fourth-order valence-electron chi connectivity index (χ4n) is 1.89. The second-order valence-electron chi connectivity index (χ2n) is 5.19. The normalized spacial score (nSPS) is 10.4. The van der Waals surface area contributed by atoms with Crippen molar-refractivity contribution in [1.29, 1.82) is 0 Å². The minimum absolute atomic E-state index is 0.373. The van der Waals surface area contributed by atoms with Gasteiger partial charge in [-0.3, -0.25) is 0 Å². The van der Waals surface area contributed by atoms with Gasteiger partial charge in [0, 0.05) is 25.0 Å². The zero-order valence-corrected chi connectivity index (χ0v) is 13.5. The van der Waals surface area contributed by atoms with Gasteiger partial charge in [0.1, 0.15) is 5.82 Å². The lowest BCUT2D eigenvalue weighted by Crippen LogP contribution is -2.21. The molecule has 0 aliphatic carbocycles. The quantitative estimate of drug-likeness (QED) is 0.756. The summed E-state index contributed by atoms with van der Waals surface area (Å²) in [6.07, 6.45) is 1.68. The molecule has 0 aliphatic heterocycles. The number of methoxy groups -OCH3 is 1. The predicted octanol–water partition coefficient (Wildman–Crippen LogP) is 1.98. The highest BCUT2D eigenvalue weighted by atomic mass is 16.5. The van der Waals surface area contributed by atoms with Crippen LogP contribution in [0.25, 0.3) is 0 Å². The Labute approximate surface area is 135 Å². The summed E-state index contributed by atoms with van der Waals surface area (Å²) in [5, 5.41) is 6.32. The van der Waals surface area contributed by atoms with Gasteiger partial charge < -0.3 is 20.3 Å². The third kappa shape index (κ3) is 5.23. The summed E-state index contributed by atoms with van der Waals surface area (Å²) in [5.41, 5.74) is 1.24. The summed E-state index contributed by atoms with van der Waals surface area (Å²) in [7, 11) is 5.38. The number of nitrogens with zero attached hydrogens (tertiary/aromatic N) is 3. The molecular weight excluding hydrogens is 294 g/mol. The number of aromatic nitrogens is 2. The number of ether oxygens (including phenoxy) is 1. The van der Waals surface area contributed by atoms with E-state index in [-0.39, 0.29) is 5.97 Å². The first-order valence-electron chi connectivity index (χ1n) is 7.25. The van der Waals surface area contributed by atoms with Crippen molar-refractivity contribution in [3.63, 3.8) is 0 Å². The van der Waals surface area contributed by atoms with Crippen molar-refractivity contribution in [3.05, 3.63) is 42.1 Å². The third-order valence-electron chi connectivity index (χ3n) is 3.05. The van der Waals surface area contributed by atoms with E-state index in [1.54, 1.807) is 30.5 Å². The third-order valence-corrected chi connectivity index (χ3v) is 3.05. The molecule has 2 N–H and O–H groups in total. The van der Waals surface area contributed by atoms with Crippen LogP contribution in [-0.2, 0) is 4.74 Å². The van der Waals surface area contributed by atoms with Gasteiger partial charge in [0.25, 0.3) is 0 Å². The number of anilines is 3. The molecular formula is C16H21N5O2. The van der Waals surface area contributed by atoms with Crippen molar-refractivity contribution in [1.82, 2.24) is 14.9 Å². The van der Waals surface area contributed by atoms with Crippen LogP contribution in [0.15, 0.2) is 36.5 Å². The summed E-state index contributed by atoms with van der Waals surface area (Å²) in [5.74, 6) is 0.831. The molecule has 0 spiro atoms. The maximum absolute atomic E-state index is 11.6. The number of nitrogens with one attached hydrogen (secondary N) is 2. The number of carbonyl (C=O) groups is 1. The molecule has 1 aromatic carbocycles. The predicted molar refractivity (Wildman–Crippen MR) is 90.1 cm³/mol. The monoisotopic (exact) mass is 315 g/mol. The zero-order chi connectivity index (χ0) is 16.7. The maximum Gasteiger partial charge on any atom is 0.337 e. The van der Waals surface area contributed by atoms with E-state index in [2.05, 4.69) is 25.5 Å². The van der Waals surface area contributed by atoms with Crippen molar-refractivity contribution in [2.45, 2.75) is 0 Å². The van der Waals surface area contributed by atoms with Crippen LogP contribution in [0, 0.1) is 0 Å². The number of likely N-dealkylation sites (N-methyl/N-ethyl adjacent to an activating group) is 1. The van der Waals surface area contributed by atoms with Crippen LogP contribution in [0.4, 0.5) is 17.5 Å². The highest BCUT2D eigenvalue weighted by Gasteiger charge is 2.06. The Kier molecular flexibility index (Phi) is 5.87. The number of hydrogen-bond acceptors (Lipinski definition) is 7. The Morgan fingerprint density at radius 2 is 2.13 bits per heavy atom. The molecule has 0 saturated carbocycles. The van der Waals surface area contributed by atoms with Gasteiger partial charge in [0.15, 0.2) is 0 Å². The number of esters is 1. The Bertz CT molecular complexity index is 660. The highest BCUT2D eigenvalue weighted by molar-refractivity contribution is 5.90. The van der Waals surface area contributed by atoms with Gasteiger partial charge in [-0.2, -0.15) is 4.98 Å². The fourth-order valence-corrected chi connectivity index (χ4v) is 1.89. The van der Waals surface area contributed by atoms with Crippen LogP contribution in [0.2, 0.25) is 0 Å². The SMILES string of the molecule is COC(=O)c1cccc(Nc2ccnc(NCCN(C)C)n2)c1. The molecule has 122 valence electrons. The molecule has 0 unspecified atom stereocenters. The van der Waals surface area contributed by atoms with Gasteiger partial charge in [-0.1, -0.05) is 6.07 Å². The molecule has 23 heavy (non-hydrogen) atoms. The molecule has 0 bridgehead atoms. The number of hydrogen-bond donors (Lipinski definition) is 2. The lowest BCUT2D eigenvalue weighted by atomic mass is 10.2. The summed E-state index contributed by atoms with van der Waals surface area (Å²) < 4.78 is 4.72. The molecule has 7 heteroatoms. The van der Waals surface area contributed by atoms with Crippen molar-refractivity contribution < 1.29 is 9.53 Å². The summed E-state index contributed by atoms with van der Waals surface area (Å²) in [6.45, 7) is 1.65. The van der Waals surface area contributed by atoms with Gasteiger partial charge in [-0.25, -0.2) is 9.78 Å². The lowest BCUT2D eigenvalue weighted by Gasteiger charge is -2.11. The summed E-state index contributed by atoms with van der Waals surface area (Å²) >= 11 is 0. The topological polar surface area (TPSA) is 79.4 Å². The van der Waals surface area contributed by atoms with Gasteiger partial charge in [-0.05, 0) is 38.4 Å².